The van der Waals surface area contributed by atoms with E-state index in [4.69, 9.17) is 9.15 Å². The van der Waals surface area contributed by atoms with E-state index in [1.165, 1.54) is 12.5 Å². The van der Waals surface area contributed by atoms with Gasteiger partial charge in [-0.15, -0.1) is 0 Å². The van der Waals surface area contributed by atoms with Crippen LogP contribution in [0.15, 0.2) is 33.5 Å². The quantitative estimate of drug-likeness (QED) is 0.854. The maximum atomic E-state index is 11.5. The summed E-state index contributed by atoms with van der Waals surface area (Å²) in [6, 6.07) is 7.79. The summed E-state index contributed by atoms with van der Waals surface area (Å²) in [6.07, 6.45) is 3.38. The van der Waals surface area contributed by atoms with E-state index in [0.717, 1.165) is 30.3 Å². The fraction of sp³-hybridized carbons (Fsp3) is 0.526. The van der Waals surface area contributed by atoms with Crippen molar-refractivity contribution in [2.75, 3.05) is 19.8 Å². The molecule has 24 heavy (non-hydrogen) atoms. The van der Waals surface area contributed by atoms with E-state index < -0.39 is 0 Å². The fourth-order valence-corrected chi connectivity index (χ4v) is 3.60. The van der Waals surface area contributed by atoms with Crippen molar-refractivity contribution in [3.63, 3.8) is 0 Å². The SMILES string of the molecule is Cc1cc(=O)oc2cc(OCCN3C(C)CCCC3CO)ccc12. The first kappa shape index (κ1) is 17.0. The van der Waals surface area contributed by atoms with Gasteiger partial charge in [0.1, 0.15) is 17.9 Å². The third-order valence-electron chi connectivity index (χ3n) is 4.95. The monoisotopic (exact) mass is 331 g/mol. The van der Waals surface area contributed by atoms with Crippen LogP contribution < -0.4 is 10.4 Å². The minimum atomic E-state index is -0.343. The van der Waals surface area contributed by atoms with Crippen LogP contribution in [0.1, 0.15) is 31.7 Å². The summed E-state index contributed by atoms with van der Waals surface area (Å²) in [5, 5.41) is 10.5. The van der Waals surface area contributed by atoms with Crippen molar-refractivity contribution in [3.8, 4) is 5.75 Å². The molecule has 1 saturated heterocycles. The minimum absolute atomic E-state index is 0.199. The molecule has 1 aliphatic rings. The molecule has 0 bridgehead atoms. The van der Waals surface area contributed by atoms with Gasteiger partial charge < -0.3 is 14.3 Å². The Morgan fingerprint density at radius 1 is 1.33 bits per heavy atom. The largest absolute Gasteiger partial charge is 0.492 e. The average molecular weight is 331 g/mol. The van der Waals surface area contributed by atoms with Crippen LogP contribution in [0.5, 0.6) is 5.75 Å². The lowest BCUT2D eigenvalue weighted by Gasteiger charge is -2.39. The Balaban J connectivity index is 1.66. The molecule has 1 aliphatic heterocycles. The highest BCUT2D eigenvalue weighted by Gasteiger charge is 2.26. The van der Waals surface area contributed by atoms with Crippen molar-refractivity contribution in [2.45, 2.75) is 45.2 Å². The molecule has 1 aromatic heterocycles. The van der Waals surface area contributed by atoms with Gasteiger partial charge in [0.15, 0.2) is 0 Å². The second kappa shape index (κ2) is 7.36. The molecule has 130 valence electrons. The van der Waals surface area contributed by atoms with Gasteiger partial charge in [0.25, 0.3) is 0 Å². The topological polar surface area (TPSA) is 62.9 Å². The van der Waals surface area contributed by atoms with Gasteiger partial charge >= 0.3 is 5.63 Å². The predicted octanol–water partition coefficient (Wildman–Crippen LogP) is 2.72. The number of likely N-dealkylation sites (tertiary alicyclic amines) is 1. The molecule has 2 heterocycles. The number of benzene rings is 1. The molecule has 5 heteroatoms. The fourth-order valence-electron chi connectivity index (χ4n) is 3.60. The number of aliphatic hydroxyl groups excluding tert-OH is 1. The lowest BCUT2D eigenvalue weighted by atomic mass is 9.97. The molecule has 0 saturated carbocycles. The number of hydrogen-bond acceptors (Lipinski definition) is 5. The van der Waals surface area contributed by atoms with Crippen LogP contribution in [0.3, 0.4) is 0 Å². The second-order valence-corrected chi connectivity index (χ2v) is 6.61. The molecule has 2 aromatic rings. The zero-order chi connectivity index (χ0) is 17.1. The summed E-state index contributed by atoms with van der Waals surface area (Å²) in [7, 11) is 0. The third kappa shape index (κ3) is 3.62. The Hall–Kier alpha value is -1.85. The van der Waals surface area contributed by atoms with Gasteiger partial charge in [-0.3, -0.25) is 4.90 Å². The summed E-state index contributed by atoms with van der Waals surface area (Å²) in [5.74, 6) is 0.696. The number of hydrogen-bond donors (Lipinski definition) is 1. The van der Waals surface area contributed by atoms with Gasteiger partial charge in [-0.1, -0.05) is 6.42 Å². The van der Waals surface area contributed by atoms with Crippen LogP contribution in [0.4, 0.5) is 0 Å². The number of rotatable bonds is 5. The van der Waals surface area contributed by atoms with E-state index in [0.29, 0.717) is 24.0 Å². The third-order valence-corrected chi connectivity index (χ3v) is 4.95. The minimum Gasteiger partial charge on any atom is -0.492 e. The molecular weight excluding hydrogens is 306 g/mol. The van der Waals surface area contributed by atoms with Gasteiger partial charge in [-0.2, -0.15) is 0 Å². The Morgan fingerprint density at radius 2 is 2.17 bits per heavy atom. The molecule has 0 aliphatic carbocycles. The number of aryl methyl sites for hydroxylation is 1. The molecule has 2 atom stereocenters. The summed E-state index contributed by atoms with van der Waals surface area (Å²) >= 11 is 0. The Morgan fingerprint density at radius 3 is 2.96 bits per heavy atom. The number of ether oxygens (including phenoxy) is 1. The molecule has 3 rings (SSSR count). The molecule has 0 radical (unpaired) electrons. The molecule has 2 unspecified atom stereocenters. The zero-order valence-electron chi connectivity index (χ0n) is 14.3. The molecular formula is C19H25NO4. The number of aliphatic hydroxyl groups is 1. The van der Waals surface area contributed by atoms with Crippen molar-refractivity contribution in [1.29, 1.82) is 0 Å². The van der Waals surface area contributed by atoms with E-state index in [9.17, 15) is 9.90 Å². The van der Waals surface area contributed by atoms with E-state index in [1.807, 2.05) is 19.1 Å². The van der Waals surface area contributed by atoms with Crippen molar-refractivity contribution in [3.05, 3.63) is 40.2 Å². The first-order valence-corrected chi connectivity index (χ1v) is 8.62. The van der Waals surface area contributed by atoms with Crippen LogP contribution >= 0.6 is 0 Å². The molecule has 5 nitrogen and oxygen atoms in total. The van der Waals surface area contributed by atoms with Gasteiger partial charge in [-0.25, -0.2) is 4.79 Å². The summed E-state index contributed by atoms with van der Waals surface area (Å²) < 4.78 is 11.1. The number of nitrogens with zero attached hydrogens (tertiary/aromatic N) is 1. The average Bonchev–Trinajstić information content (AvgIpc) is 2.55. The highest BCUT2D eigenvalue weighted by Crippen LogP contribution is 2.24. The summed E-state index contributed by atoms with van der Waals surface area (Å²) in [5.41, 5.74) is 1.11. The standard InChI is InChI=1S/C19H25NO4/c1-13-10-19(22)24-18-11-16(6-7-17(13)18)23-9-8-20-14(2)4-3-5-15(20)12-21/h6-7,10-11,14-15,21H,3-5,8-9,12H2,1-2H3. The van der Waals surface area contributed by atoms with Crippen LogP contribution in [0.2, 0.25) is 0 Å². The Labute approximate surface area is 141 Å². The lowest BCUT2D eigenvalue weighted by molar-refractivity contribution is 0.0411. The zero-order valence-corrected chi connectivity index (χ0v) is 14.3. The van der Waals surface area contributed by atoms with Crippen molar-refractivity contribution < 1.29 is 14.3 Å². The van der Waals surface area contributed by atoms with Crippen molar-refractivity contribution in [2.24, 2.45) is 0 Å². The first-order chi connectivity index (χ1) is 11.6. The van der Waals surface area contributed by atoms with E-state index >= 15 is 0 Å². The second-order valence-electron chi connectivity index (χ2n) is 6.61. The van der Waals surface area contributed by atoms with Crippen LogP contribution in [-0.4, -0.2) is 41.8 Å². The summed E-state index contributed by atoms with van der Waals surface area (Å²) in [4.78, 5) is 13.8. The number of piperidine rings is 1. The Kier molecular flexibility index (Phi) is 5.21. The first-order valence-electron chi connectivity index (χ1n) is 8.62. The van der Waals surface area contributed by atoms with E-state index in [2.05, 4.69) is 11.8 Å². The maximum absolute atomic E-state index is 11.5. The lowest BCUT2D eigenvalue weighted by Crippen LogP contribution is -2.48. The highest BCUT2D eigenvalue weighted by molar-refractivity contribution is 5.81. The van der Waals surface area contributed by atoms with Crippen LogP contribution in [0, 0.1) is 6.92 Å². The molecule has 1 aromatic carbocycles. The van der Waals surface area contributed by atoms with Gasteiger partial charge in [0.05, 0.1) is 6.61 Å². The Bertz CT molecular complexity index is 755. The molecule has 1 fully saturated rings. The van der Waals surface area contributed by atoms with Crippen molar-refractivity contribution in [1.82, 2.24) is 4.90 Å². The number of fused-ring (bicyclic) bond motifs is 1. The summed E-state index contributed by atoms with van der Waals surface area (Å²) in [6.45, 7) is 5.62. The van der Waals surface area contributed by atoms with Crippen molar-refractivity contribution >= 4 is 11.0 Å². The van der Waals surface area contributed by atoms with Gasteiger partial charge in [-0.05, 0) is 44.4 Å². The van der Waals surface area contributed by atoms with Gasteiger partial charge in [0.2, 0.25) is 0 Å². The smallest absolute Gasteiger partial charge is 0.336 e. The highest BCUT2D eigenvalue weighted by atomic mass is 16.5. The van der Waals surface area contributed by atoms with E-state index in [1.54, 1.807) is 6.07 Å². The normalized spacial score (nSPS) is 22.0. The van der Waals surface area contributed by atoms with Crippen LogP contribution in [-0.2, 0) is 0 Å². The maximum Gasteiger partial charge on any atom is 0.336 e. The molecule has 0 amide bonds. The van der Waals surface area contributed by atoms with Crippen LogP contribution in [0.25, 0.3) is 11.0 Å². The van der Waals surface area contributed by atoms with E-state index in [-0.39, 0.29) is 18.3 Å². The molecule has 0 spiro atoms. The van der Waals surface area contributed by atoms with Gasteiger partial charge in [0, 0.05) is 36.1 Å². The predicted molar refractivity (Wildman–Crippen MR) is 93.6 cm³/mol. The molecule has 1 N–H and O–H groups in total.